The molecular weight excluding hydrogens is 248 g/mol. The van der Waals surface area contributed by atoms with Crippen LogP contribution in [0.2, 0.25) is 0 Å². The number of methoxy groups -OCH3 is 1. The van der Waals surface area contributed by atoms with Gasteiger partial charge in [-0.25, -0.2) is 0 Å². The number of amides is 1. The summed E-state index contributed by atoms with van der Waals surface area (Å²) in [5.74, 6) is 0.693. The molecule has 4 N–H and O–H groups in total. The van der Waals surface area contributed by atoms with E-state index >= 15 is 0 Å². The van der Waals surface area contributed by atoms with Crippen LogP contribution < -0.4 is 15.8 Å². The van der Waals surface area contributed by atoms with Crippen LogP contribution in [0.1, 0.15) is 29.1 Å². The minimum atomic E-state index is -0.368. The van der Waals surface area contributed by atoms with E-state index in [1.54, 1.807) is 25.1 Å². The summed E-state index contributed by atoms with van der Waals surface area (Å²) in [7, 11) is 1.53. The average molecular weight is 262 g/mol. The molecule has 0 bridgehead atoms. The molecule has 8 heteroatoms. The molecule has 8 nitrogen and oxygen atoms in total. The number of aromatic amines is 1. The number of ether oxygens (including phenoxy) is 1. The van der Waals surface area contributed by atoms with Gasteiger partial charge < -0.3 is 15.8 Å². The molecule has 0 saturated heterocycles. The lowest BCUT2D eigenvalue weighted by atomic mass is 10.1. The first kappa shape index (κ1) is 12.8. The molecule has 1 aromatic heterocycles. The van der Waals surface area contributed by atoms with Gasteiger partial charge in [0, 0.05) is 11.8 Å². The number of carbonyl (C=O) groups excluding carboxylic acids is 1. The van der Waals surface area contributed by atoms with Crippen molar-refractivity contribution in [3.63, 3.8) is 0 Å². The second-order valence-corrected chi connectivity index (χ2v) is 3.92. The third-order valence-corrected chi connectivity index (χ3v) is 2.60. The Labute approximate surface area is 109 Å². The van der Waals surface area contributed by atoms with Crippen LogP contribution in [0.15, 0.2) is 18.2 Å². The summed E-state index contributed by atoms with van der Waals surface area (Å²) in [6, 6.07) is 4.50. The number of carbonyl (C=O) groups is 1. The van der Waals surface area contributed by atoms with E-state index in [0.717, 1.165) is 0 Å². The van der Waals surface area contributed by atoms with Crippen LogP contribution in [0.5, 0.6) is 5.75 Å². The fourth-order valence-corrected chi connectivity index (χ4v) is 1.57. The number of hydrogen-bond donors (Lipinski definition) is 3. The van der Waals surface area contributed by atoms with Crippen molar-refractivity contribution < 1.29 is 9.53 Å². The Kier molecular flexibility index (Phi) is 3.60. The molecule has 19 heavy (non-hydrogen) atoms. The highest BCUT2D eigenvalue weighted by molar-refractivity contribution is 5.99. The molecule has 0 aliphatic heterocycles. The van der Waals surface area contributed by atoms with Crippen LogP contribution in [0.3, 0.4) is 0 Å². The highest BCUT2D eigenvalue weighted by Crippen LogP contribution is 2.20. The third kappa shape index (κ3) is 2.79. The molecule has 0 aliphatic carbocycles. The van der Waals surface area contributed by atoms with Gasteiger partial charge in [-0.1, -0.05) is 5.21 Å². The first-order valence-electron chi connectivity index (χ1n) is 5.59. The first-order chi connectivity index (χ1) is 9.11. The average Bonchev–Trinajstić information content (AvgIpc) is 2.92. The van der Waals surface area contributed by atoms with Gasteiger partial charge in [0.25, 0.3) is 5.91 Å². The van der Waals surface area contributed by atoms with Crippen molar-refractivity contribution in [2.45, 2.75) is 13.0 Å². The number of nitrogens with zero attached hydrogens (tertiary/aromatic N) is 3. The van der Waals surface area contributed by atoms with E-state index in [2.05, 4.69) is 25.9 Å². The molecule has 0 saturated carbocycles. The lowest BCUT2D eigenvalue weighted by molar-refractivity contribution is 0.0939. The van der Waals surface area contributed by atoms with E-state index in [0.29, 0.717) is 22.8 Å². The van der Waals surface area contributed by atoms with Crippen molar-refractivity contribution in [2.24, 2.45) is 0 Å². The van der Waals surface area contributed by atoms with E-state index in [-0.39, 0.29) is 11.9 Å². The summed E-state index contributed by atoms with van der Waals surface area (Å²) < 4.78 is 5.03. The largest absolute Gasteiger partial charge is 0.497 e. The van der Waals surface area contributed by atoms with Gasteiger partial charge in [0.1, 0.15) is 5.75 Å². The lowest BCUT2D eigenvalue weighted by Crippen LogP contribution is -2.28. The van der Waals surface area contributed by atoms with Crippen molar-refractivity contribution in [3.8, 4) is 5.75 Å². The van der Waals surface area contributed by atoms with Crippen LogP contribution in [0.4, 0.5) is 5.69 Å². The van der Waals surface area contributed by atoms with E-state index in [4.69, 9.17) is 10.5 Å². The predicted octanol–water partition coefficient (Wildman–Crippen LogP) is 0.281. The van der Waals surface area contributed by atoms with Gasteiger partial charge in [0.2, 0.25) is 0 Å². The van der Waals surface area contributed by atoms with Gasteiger partial charge in [-0.2, -0.15) is 5.21 Å². The first-order valence-corrected chi connectivity index (χ1v) is 5.59. The van der Waals surface area contributed by atoms with Crippen molar-refractivity contribution in [1.29, 1.82) is 0 Å². The van der Waals surface area contributed by atoms with Crippen LogP contribution in [-0.2, 0) is 0 Å². The Morgan fingerprint density at radius 1 is 1.53 bits per heavy atom. The summed E-state index contributed by atoms with van der Waals surface area (Å²) in [6.45, 7) is 1.75. The maximum atomic E-state index is 12.1. The molecule has 0 spiro atoms. The molecule has 1 amide bonds. The topological polar surface area (TPSA) is 119 Å². The van der Waals surface area contributed by atoms with E-state index in [1.165, 1.54) is 7.11 Å². The van der Waals surface area contributed by atoms with Crippen molar-refractivity contribution in [2.75, 3.05) is 12.8 Å². The fraction of sp³-hybridized carbons (Fsp3) is 0.273. The van der Waals surface area contributed by atoms with Crippen LogP contribution in [-0.4, -0.2) is 33.6 Å². The van der Waals surface area contributed by atoms with Crippen LogP contribution in [0.25, 0.3) is 0 Å². The zero-order valence-corrected chi connectivity index (χ0v) is 10.5. The number of rotatable bonds is 4. The Balaban J connectivity index is 2.12. The van der Waals surface area contributed by atoms with Crippen molar-refractivity contribution in [1.82, 2.24) is 25.9 Å². The number of H-pyrrole nitrogens is 1. The number of nitrogens with one attached hydrogen (secondary N) is 2. The third-order valence-electron chi connectivity index (χ3n) is 2.60. The monoisotopic (exact) mass is 262 g/mol. The van der Waals surface area contributed by atoms with Gasteiger partial charge in [0.15, 0.2) is 5.82 Å². The molecule has 1 atom stereocenters. The molecule has 1 heterocycles. The number of hydrogen-bond acceptors (Lipinski definition) is 6. The van der Waals surface area contributed by atoms with Crippen LogP contribution in [0, 0.1) is 0 Å². The summed E-state index contributed by atoms with van der Waals surface area (Å²) in [4.78, 5) is 12.1. The maximum absolute atomic E-state index is 12.1. The molecule has 2 rings (SSSR count). The normalized spacial score (nSPS) is 11.9. The summed E-state index contributed by atoms with van der Waals surface area (Å²) in [5.41, 5.74) is 6.52. The van der Waals surface area contributed by atoms with Crippen molar-refractivity contribution >= 4 is 11.6 Å². The highest BCUT2D eigenvalue weighted by Gasteiger charge is 2.16. The summed E-state index contributed by atoms with van der Waals surface area (Å²) in [6.07, 6.45) is 0. The molecule has 1 unspecified atom stereocenters. The smallest absolute Gasteiger partial charge is 0.253 e. The van der Waals surface area contributed by atoms with E-state index < -0.39 is 0 Å². The molecule has 0 radical (unpaired) electrons. The van der Waals surface area contributed by atoms with E-state index in [1.807, 2.05) is 0 Å². The molecule has 2 aromatic rings. The molecule has 100 valence electrons. The number of anilines is 1. The number of nitrogens with two attached hydrogens (primary N) is 1. The highest BCUT2D eigenvalue weighted by atomic mass is 16.5. The second kappa shape index (κ2) is 5.34. The minimum Gasteiger partial charge on any atom is -0.497 e. The molecule has 1 aromatic carbocycles. The Hall–Kier alpha value is -2.64. The fourth-order valence-electron chi connectivity index (χ4n) is 1.57. The SMILES string of the molecule is COc1ccc(C(=O)NC(C)c2nn[nH]n2)c(N)c1. The lowest BCUT2D eigenvalue weighted by Gasteiger charge is -2.12. The minimum absolute atomic E-state index is 0.308. The van der Waals surface area contributed by atoms with Gasteiger partial charge in [-0.3, -0.25) is 4.79 Å². The molecule has 0 fully saturated rings. The van der Waals surface area contributed by atoms with E-state index in [9.17, 15) is 4.79 Å². The van der Waals surface area contributed by atoms with Gasteiger partial charge in [0.05, 0.1) is 18.7 Å². The van der Waals surface area contributed by atoms with Gasteiger partial charge >= 0.3 is 0 Å². The predicted molar refractivity (Wildman–Crippen MR) is 67.5 cm³/mol. The summed E-state index contributed by atoms with van der Waals surface area (Å²) in [5, 5.41) is 16.1. The Bertz CT molecular complexity index is 569. The number of nitrogen functional groups attached to an aromatic ring is 1. The second-order valence-electron chi connectivity index (χ2n) is 3.92. The number of aromatic nitrogens is 4. The molecule has 0 aliphatic rings. The quantitative estimate of drug-likeness (QED) is 0.681. The molecular formula is C11H14N6O2. The van der Waals surface area contributed by atoms with Gasteiger partial charge in [-0.05, 0) is 19.1 Å². The zero-order chi connectivity index (χ0) is 13.8. The summed E-state index contributed by atoms with van der Waals surface area (Å²) >= 11 is 0. The number of benzene rings is 1. The van der Waals surface area contributed by atoms with Crippen LogP contribution >= 0.6 is 0 Å². The Morgan fingerprint density at radius 3 is 2.89 bits per heavy atom. The van der Waals surface area contributed by atoms with Gasteiger partial charge in [-0.15, -0.1) is 10.2 Å². The standard InChI is InChI=1S/C11H14N6O2/c1-6(10-14-16-17-15-10)13-11(18)8-4-3-7(19-2)5-9(8)12/h3-6H,12H2,1-2H3,(H,13,18)(H,14,15,16,17). The number of tetrazole rings is 1. The maximum Gasteiger partial charge on any atom is 0.253 e. The zero-order valence-electron chi connectivity index (χ0n) is 10.5. The van der Waals surface area contributed by atoms with Crippen molar-refractivity contribution in [3.05, 3.63) is 29.6 Å². The Morgan fingerprint density at radius 2 is 2.32 bits per heavy atom.